The molecule has 0 spiro atoms. The van der Waals surface area contributed by atoms with E-state index in [4.69, 9.17) is 0 Å². The van der Waals surface area contributed by atoms with E-state index in [0.717, 1.165) is 3.07 Å². The van der Waals surface area contributed by atoms with E-state index in [1.807, 2.05) is 30.3 Å². The molecule has 0 bridgehead atoms. The van der Waals surface area contributed by atoms with Gasteiger partial charge in [-0.25, -0.2) is 0 Å². The van der Waals surface area contributed by atoms with E-state index in [0.29, 0.717) is 0 Å². The fourth-order valence-electron chi connectivity index (χ4n) is 0.701. The first kappa shape index (κ1) is 12.4. The zero-order valence-corrected chi connectivity index (χ0v) is 14.3. The summed E-state index contributed by atoms with van der Waals surface area (Å²) in [6.45, 7) is 0. The maximum Gasteiger partial charge on any atom is 1.00 e. The van der Waals surface area contributed by atoms with Crippen LogP contribution >= 0.6 is 0 Å². The van der Waals surface area contributed by atoms with Gasteiger partial charge in [-0.3, -0.25) is 0 Å². The van der Waals surface area contributed by atoms with Gasteiger partial charge in [0.1, 0.15) is 0 Å². The minimum Gasteiger partial charge on any atom is 1.00 e. The van der Waals surface area contributed by atoms with Crippen LogP contribution in [0.4, 0.5) is 0 Å². The third-order valence-corrected chi connectivity index (χ3v) is 5.63. The minimum atomic E-state index is -1.87. The molecule has 0 aliphatic heterocycles. The third-order valence-electron chi connectivity index (χ3n) is 1.18. The summed E-state index contributed by atoms with van der Waals surface area (Å²) in [5, 5.41) is 9.11. The average Bonchev–Trinajstić information content (AvgIpc) is 2.03. The van der Waals surface area contributed by atoms with E-state index in [2.05, 4.69) is 2.75 Å². The van der Waals surface area contributed by atoms with Gasteiger partial charge in [0.15, 0.2) is 0 Å². The third kappa shape index (κ3) is 5.08. The second-order valence-electron chi connectivity index (χ2n) is 1.98. The number of hydrogen-bond acceptors (Lipinski definition) is 3. The van der Waals surface area contributed by atoms with Crippen LogP contribution in [-0.4, -0.2) is 5.09 Å². The van der Waals surface area contributed by atoms with Gasteiger partial charge in [0.25, 0.3) is 0 Å². The number of benzene rings is 1. The topological polar surface area (TPSA) is 52.4 Å². The molecule has 0 atom stereocenters. The van der Waals surface area contributed by atoms with E-state index in [1.165, 1.54) is 0 Å². The van der Waals surface area contributed by atoms with E-state index in [9.17, 15) is 10.1 Å². The Morgan fingerprint density at radius 3 is 2.42 bits per heavy atom. The molecule has 54 valence electrons. The molecule has 0 N–H and O–H groups in total. The Labute approximate surface area is 105 Å². The molecule has 12 heavy (non-hydrogen) atoms. The summed E-state index contributed by atoms with van der Waals surface area (Å²) >= 11 is -1.87. The van der Waals surface area contributed by atoms with E-state index in [1.54, 1.807) is 0 Å². The van der Waals surface area contributed by atoms with Gasteiger partial charge in [-0.1, -0.05) is 0 Å². The standard InChI is InChI=1S/C6H5.Hg.NO3.Na/c1-2-4-6-5-3-1;;2-1(3)4;/h1-5H;;;/q;+1;-1;+1. The van der Waals surface area contributed by atoms with Crippen molar-refractivity contribution in [3.05, 3.63) is 40.4 Å². The van der Waals surface area contributed by atoms with Crippen molar-refractivity contribution in [3.8, 4) is 0 Å². The van der Waals surface area contributed by atoms with Gasteiger partial charge in [0.05, 0.1) is 0 Å². The van der Waals surface area contributed by atoms with Crippen molar-refractivity contribution in [3.63, 3.8) is 0 Å². The summed E-state index contributed by atoms with van der Waals surface area (Å²) in [7, 11) is 0. The molecule has 1 aromatic carbocycles. The molecule has 0 aromatic heterocycles. The van der Waals surface area contributed by atoms with Crippen molar-refractivity contribution in [2.45, 2.75) is 0 Å². The molecule has 0 aliphatic rings. The van der Waals surface area contributed by atoms with Crippen LogP contribution in [0.15, 0.2) is 30.3 Å². The maximum absolute atomic E-state index is 9.81. The zero-order valence-electron chi connectivity index (χ0n) is 6.77. The molecule has 4 nitrogen and oxygen atoms in total. The molecule has 1 rings (SSSR count). The molecule has 0 heterocycles. The van der Waals surface area contributed by atoms with Gasteiger partial charge in [-0.15, -0.1) is 0 Å². The summed E-state index contributed by atoms with van der Waals surface area (Å²) in [6.07, 6.45) is 0. The first-order valence-electron chi connectivity index (χ1n) is 3.10. The van der Waals surface area contributed by atoms with Gasteiger partial charge in [-0.2, -0.15) is 0 Å². The monoisotopic (exact) mass is 364 g/mol. The molecule has 0 amide bonds. The van der Waals surface area contributed by atoms with Crippen LogP contribution in [0.25, 0.3) is 0 Å². The summed E-state index contributed by atoms with van der Waals surface area (Å²) in [4.78, 5) is 9.81. The molecular formula is C6H5HgNNaO3+. The molecule has 6 heteroatoms. The second-order valence-corrected chi connectivity index (χ2v) is 7.28. The summed E-state index contributed by atoms with van der Waals surface area (Å²) in [5.41, 5.74) is 0. The molecule has 0 fully saturated rings. The largest absolute Gasteiger partial charge is 1.00 e. The van der Waals surface area contributed by atoms with Crippen molar-refractivity contribution in [2.24, 2.45) is 0 Å². The Hall–Kier alpha value is 0.355. The molecule has 0 radical (unpaired) electrons. The first-order valence-corrected chi connectivity index (χ1v) is 8.09. The predicted octanol–water partition coefficient (Wildman–Crippen LogP) is -2.48. The van der Waals surface area contributed by atoms with Gasteiger partial charge in [-0.05, 0) is 0 Å². The molecular weight excluding hydrogens is 358 g/mol. The SMILES string of the molecule is O=[N+]([O-])[O][Hg][c]1ccccc1.[Na+]. The fraction of sp³-hybridized carbons (Fsp3) is 0. The molecule has 0 unspecified atom stereocenters. The van der Waals surface area contributed by atoms with Crippen LogP contribution in [0.3, 0.4) is 0 Å². The summed E-state index contributed by atoms with van der Waals surface area (Å²) < 4.78 is 5.39. The molecule has 0 saturated carbocycles. The molecule has 0 saturated heterocycles. The van der Waals surface area contributed by atoms with Gasteiger partial charge in [0.2, 0.25) is 0 Å². The van der Waals surface area contributed by atoms with Crippen LogP contribution in [0.2, 0.25) is 0 Å². The van der Waals surface area contributed by atoms with Crippen molar-refractivity contribution < 1.29 is 62.4 Å². The van der Waals surface area contributed by atoms with Crippen LogP contribution in [-0.2, 0) is 27.8 Å². The van der Waals surface area contributed by atoms with E-state index < -0.39 is 30.1 Å². The normalized spacial score (nSPS) is 7.67. The Morgan fingerprint density at radius 2 is 1.92 bits per heavy atom. The summed E-state index contributed by atoms with van der Waals surface area (Å²) in [6, 6.07) is 9.33. The van der Waals surface area contributed by atoms with Crippen LogP contribution in [0, 0.1) is 10.1 Å². The Bertz CT molecular complexity index is 244. The van der Waals surface area contributed by atoms with Crippen LogP contribution in [0.5, 0.6) is 0 Å². The van der Waals surface area contributed by atoms with Gasteiger partial charge in [0, 0.05) is 0 Å². The van der Waals surface area contributed by atoms with E-state index >= 15 is 0 Å². The van der Waals surface area contributed by atoms with Crippen LogP contribution in [0.1, 0.15) is 0 Å². The fourth-order valence-corrected chi connectivity index (χ4v) is 3.50. The molecule has 0 aliphatic carbocycles. The van der Waals surface area contributed by atoms with E-state index in [-0.39, 0.29) is 29.6 Å². The van der Waals surface area contributed by atoms with Crippen molar-refractivity contribution in [1.82, 2.24) is 0 Å². The number of nitrogens with zero attached hydrogens (tertiary/aromatic N) is 1. The number of rotatable bonds is 3. The first-order chi connectivity index (χ1) is 5.29. The van der Waals surface area contributed by atoms with Crippen molar-refractivity contribution in [2.75, 3.05) is 0 Å². The maximum atomic E-state index is 9.81. The minimum absolute atomic E-state index is 0. The average molecular weight is 363 g/mol. The second kappa shape index (κ2) is 6.83. The zero-order chi connectivity index (χ0) is 8.10. The molecule has 1 aromatic rings. The smallest absolute Gasteiger partial charge is 1.00 e. The quantitative estimate of drug-likeness (QED) is 0.340. The predicted molar refractivity (Wildman–Crippen MR) is 34.2 cm³/mol. The van der Waals surface area contributed by atoms with Gasteiger partial charge >= 0.3 is 106 Å². The summed E-state index contributed by atoms with van der Waals surface area (Å²) in [5.74, 6) is 0. The Balaban J connectivity index is 0.00000121. The van der Waals surface area contributed by atoms with Gasteiger partial charge < -0.3 is 0 Å². The van der Waals surface area contributed by atoms with Crippen molar-refractivity contribution >= 4 is 3.07 Å². The van der Waals surface area contributed by atoms with Crippen LogP contribution < -0.4 is 32.6 Å². The number of hydrogen-bond donors (Lipinski definition) is 0. The Kier molecular flexibility index (Phi) is 7.03. The Morgan fingerprint density at radius 1 is 1.33 bits per heavy atom. The van der Waals surface area contributed by atoms with Crippen molar-refractivity contribution in [1.29, 1.82) is 0 Å².